The molecular weight excluding hydrogens is 340 g/mol. The van der Waals surface area contributed by atoms with Gasteiger partial charge in [-0.05, 0) is 12.1 Å². The van der Waals surface area contributed by atoms with Crippen LogP contribution in [0.4, 0.5) is 15.6 Å². The number of urea groups is 1. The highest BCUT2D eigenvalue weighted by Gasteiger charge is 2.10. The summed E-state index contributed by atoms with van der Waals surface area (Å²) in [5, 5.41) is 22.2. The first-order chi connectivity index (χ1) is 11.2. The topological polar surface area (TPSA) is 106 Å². The van der Waals surface area contributed by atoms with Crippen LogP contribution in [0.5, 0.6) is 11.5 Å². The van der Waals surface area contributed by atoms with Gasteiger partial charge in [-0.25, -0.2) is 4.79 Å². The maximum Gasteiger partial charge on any atom is 0.325 e. The summed E-state index contributed by atoms with van der Waals surface area (Å²) < 4.78 is 11.0. The highest BCUT2D eigenvalue weighted by Crippen LogP contribution is 2.30. The minimum atomic E-state index is -0.438. The van der Waals surface area contributed by atoms with Crippen molar-refractivity contribution in [3.8, 4) is 11.5 Å². The molecule has 1 heterocycles. The van der Waals surface area contributed by atoms with E-state index in [4.69, 9.17) is 14.6 Å². The van der Waals surface area contributed by atoms with Crippen LogP contribution in [-0.4, -0.2) is 47.9 Å². The molecule has 2 amide bonds. The van der Waals surface area contributed by atoms with Crippen LogP contribution < -0.4 is 20.1 Å². The molecule has 1 aromatic heterocycles. The van der Waals surface area contributed by atoms with Gasteiger partial charge in [0.25, 0.3) is 0 Å². The zero-order valence-electron chi connectivity index (χ0n) is 12.5. The maximum absolute atomic E-state index is 12.0. The van der Waals surface area contributed by atoms with Gasteiger partial charge in [0.05, 0.1) is 20.8 Å². The molecule has 0 spiro atoms. The molecule has 0 aliphatic heterocycles. The lowest BCUT2D eigenvalue weighted by atomic mass is 10.3. The number of aliphatic hydroxyl groups is 1. The number of hydrogen-bond acceptors (Lipinski definition) is 8. The average molecular weight is 356 g/mol. The molecule has 0 bridgehead atoms. The molecule has 8 nitrogen and oxygen atoms in total. The normalized spacial score (nSPS) is 10.2. The van der Waals surface area contributed by atoms with Gasteiger partial charge in [0, 0.05) is 17.5 Å². The van der Waals surface area contributed by atoms with E-state index in [1.165, 1.54) is 30.2 Å². The van der Waals surface area contributed by atoms with E-state index in [1.807, 2.05) is 0 Å². The molecule has 2 aromatic rings. The van der Waals surface area contributed by atoms with Crippen LogP contribution in [0.25, 0.3) is 0 Å². The summed E-state index contributed by atoms with van der Waals surface area (Å²) >= 11 is 2.61. The summed E-state index contributed by atoms with van der Waals surface area (Å²) in [6.07, 6.45) is 0. The Morgan fingerprint density at radius 3 is 2.74 bits per heavy atom. The number of nitrogens with one attached hydrogen (secondary N) is 2. The summed E-state index contributed by atoms with van der Waals surface area (Å²) in [4.78, 5) is 12.0. The Balaban J connectivity index is 1.95. The quantitative estimate of drug-likeness (QED) is 0.516. The third-order valence-corrected chi connectivity index (χ3v) is 4.54. The lowest BCUT2D eigenvalue weighted by Crippen LogP contribution is -2.19. The third-order valence-electron chi connectivity index (χ3n) is 2.59. The predicted molar refractivity (Wildman–Crippen MR) is 89.9 cm³/mol. The largest absolute Gasteiger partial charge is 0.493 e. The van der Waals surface area contributed by atoms with Crippen molar-refractivity contribution in [3.63, 3.8) is 0 Å². The highest BCUT2D eigenvalue weighted by atomic mass is 32.2. The number of rotatable bonds is 7. The van der Waals surface area contributed by atoms with E-state index in [-0.39, 0.29) is 6.61 Å². The number of ether oxygens (including phenoxy) is 2. The fourth-order valence-corrected chi connectivity index (χ4v) is 3.18. The molecule has 0 atom stereocenters. The maximum atomic E-state index is 12.0. The van der Waals surface area contributed by atoms with E-state index in [2.05, 4.69) is 20.8 Å². The molecule has 2 rings (SSSR count). The Morgan fingerprint density at radius 2 is 2.04 bits per heavy atom. The second-order valence-corrected chi connectivity index (χ2v) is 6.41. The smallest absolute Gasteiger partial charge is 0.325 e. The molecule has 0 saturated heterocycles. The van der Waals surface area contributed by atoms with Crippen LogP contribution in [0, 0.1) is 0 Å². The molecular formula is C13H16N4O4S2. The van der Waals surface area contributed by atoms with Crippen molar-refractivity contribution in [3.05, 3.63) is 18.2 Å². The first kappa shape index (κ1) is 17.3. The van der Waals surface area contributed by atoms with Crippen LogP contribution in [0.3, 0.4) is 0 Å². The number of carbonyl (C=O) groups is 1. The third kappa shape index (κ3) is 4.98. The van der Waals surface area contributed by atoms with Gasteiger partial charge in [0.2, 0.25) is 5.13 Å². The molecule has 0 unspecified atom stereocenters. The minimum Gasteiger partial charge on any atom is -0.493 e. The highest BCUT2D eigenvalue weighted by molar-refractivity contribution is 8.01. The van der Waals surface area contributed by atoms with E-state index >= 15 is 0 Å². The Labute approximate surface area is 141 Å². The molecule has 3 N–H and O–H groups in total. The number of nitrogens with zero attached hydrogens (tertiary/aromatic N) is 2. The van der Waals surface area contributed by atoms with E-state index in [0.717, 1.165) is 0 Å². The van der Waals surface area contributed by atoms with Gasteiger partial charge >= 0.3 is 6.03 Å². The summed E-state index contributed by atoms with van der Waals surface area (Å²) in [6, 6.07) is 4.61. The molecule has 23 heavy (non-hydrogen) atoms. The van der Waals surface area contributed by atoms with Gasteiger partial charge in [-0.2, -0.15) is 0 Å². The average Bonchev–Trinajstić information content (AvgIpc) is 2.99. The Morgan fingerprint density at radius 1 is 1.26 bits per heavy atom. The van der Waals surface area contributed by atoms with E-state index < -0.39 is 6.03 Å². The van der Waals surface area contributed by atoms with Crippen molar-refractivity contribution < 1.29 is 19.4 Å². The fraction of sp³-hybridized carbons (Fsp3) is 0.308. The van der Waals surface area contributed by atoms with Gasteiger partial charge < -0.3 is 19.9 Å². The number of carbonyl (C=O) groups excluding carboxylic acids is 1. The van der Waals surface area contributed by atoms with Gasteiger partial charge in [-0.3, -0.25) is 5.32 Å². The fourth-order valence-electron chi connectivity index (χ4n) is 1.63. The molecule has 1 aromatic carbocycles. The van der Waals surface area contributed by atoms with Crippen LogP contribution in [0.1, 0.15) is 0 Å². The van der Waals surface area contributed by atoms with Crippen molar-refractivity contribution in [2.75, 3.05) is 37.2 Å². The number of aromatic nitrogens is 2. The molecule has 0 aliphatic rings. The lowest BCUT2D eigenvalue weighted by Gasteiger charge is -2.10. The Kier molecular flexibility index (Phi) is 6.44. The van der Waals surface area contributed by atoms with Gasteiger partial charge in [0.1, 0.15) is 0 Å². The number of anilines is 2. The summed E-state index contributed by atoms with van der Waals surface area (Å²) in [5.74, 6) is 1.63. The summed E-state index contributed by atoms with van der Waals surface area (Å²) in [5.41, 5.74) is 0.555. The number of thioether (sulfide) groups is 1. The van der Waals surface area contributed by atoms with Gasteiger partial charge in [-0.15, -0.1) is 10.2 Å². The van der Waals surface area contributed by atoms with Gasteiger partial charge in [-0.1, -0.05) is 23.1 Å². The predicted octanol–water partition coefficient (Wildman–Crippen LogP) is 2.28. The number of hydrogen-bond donors (Lipinski definition) is 3. The van der Waals surface area contributed by atoms with E-state index in [1.54, 1.807) is 25.3 Å². The first-order valence-electron chi connectivity index (χ1n) is 6.53. The van der Waals surface area contributed by atoms with Crippen molar-refractivity contribution >= 4 is 39.9 Å². The van der Waals surface area contributed by atoms with Crippen molar-refractivity contribution in [2.24, 2.45) is 0 Å². The number of methoxy groups -OCH3 is 2. The lowest BCUT2D eigenvalue weighted by molar-refractivity contribution is 0.262. The number of amides is 2. The molecule has 0 saturated carbocycles. The number of benzene rings is 1. The van der Waals surface area contributed by atoms with Crippen LogP contribution in [0.15, 0.2) is 22.5 Å². The standard InChI is InChI=1S/C13H16N4O4S2/c1-20-9-4-3-8(7-10(9)21-2)14-11(19)15-12-16-17-13(23-12)22-6-5-18/h3-4,7,18H,5-6H2,1-2H3,(H2,14,15,16,19). The van der Waals surface area contributed by atoms with Crippen molar-refractivity contribution in [2.45, 2.75) is 4.34 Å². The SMILES string of the molecule is COc1ccc(NC(=O)Nc2nnc(SCCO)s2)cc1OC. The van der Waals surface area contributed by atoms with Crippen molar-refractivity contribution in [1.82, 2.24) is 10.2 Å². The summed E-state index contributed by atoms with van der Waals surface area (Å²) in [6.45, 7) is 0.0623. The molecule has 10 heteroatoms. The van der Waals surface area contributed by atoms with Crippen molar-refractivity contribution in [1.29, 1.82) is 0 Å². The monoisotopic (exact) mass is 356 g/mol. The first-order valence-corrected chi connectivity index (χ1v) is 8.33. The molecule has 0 radical (unpaired) electrons. The Bertz CT molecular complexity index is 665. The van der Waals surface area contributed by atoms with E-state index in [0.29, 0.717) is 32.4 Å². The van der Waals surface area contributed by atoms with Crippen LogP contribution in [0.2, 0.25) is 0 Å². The van der Waals surface area contributed by atoms with Gasteiger partial charge in [0.15, 0.2) is 15.8 Å². The van der Waals surface area contributed by atoms with Crippen LogP contribution >= 0.6 is 23.1 Å². The molecule has 124 valence electrons. The second kappa shape index (κ2) is 8.56. The zero-order valence-corrected chi connectivity index (χ0v) is 14.2. The van der Waals surface area contributed by atoms with Crippen LogP contribution in [-0.2, 0) is 0 Å². The minimum absolute atomic E-state index is 0.0623. The Hall–Kier alpha value is -2.04. The molecule has 0 aliphatic carbocycles. The van der Waals surface area contributed by atoms with E-state index in [9.17, 15) is 4.79 Å². The zero-order chi connectivity index (χ0) is 16.7. The second-order valence-electron chi connectivity index (χ2n) is 4.09. The number of aliphatic hydroxyl groups excluding tert-OH is 1. The summed E-state index contributed by atoms with van der Waals surface area (Å²) in [7, 11) is 3.06. The molecule has 0 fully saturated rings.